The topological polar surface area (TPSA) is 85.1 Å². The predicted octanol–water partition coefficient (Wildman–Crippen LogP) is 2.36. The number of nitro groups is 1. The quantitative estimate of drug-likeness (QED) is 0.666. The number of nitrogens with one attached hydrogen (secondary N) is 1. The van der Waals surface area contributed by atoms with E-state index in [9.17, 15) is 14.3 Å². The number of hydrogen-bond donors (Lipinski definition) is 1. The van der Waals surface area contributed by atoms with E-state index in [4.69, 9.17) is 11.6 Å². The fourth-order valence-corrected chi connectivity index (χ4v) is 3.38. The van der Waals surface area contributed by atoms with Gasteiger partial charge < -0.3 is 5.32 Å². The summed E-state index contributed by atoms with van der Waals surface area (Å²) in [6.07, 6.45) is 5.80. The molecule has 1 N–H and O–H groups in total. The van der Waals surface area contributed by atoms with Crippen molar-refractivity contribution in [3.63, 3.8) is 0 Å². The number of rotatable bonds is 5. The first-order chi connectivity index (χ1) is 8.94. The molecule has 0 amide bonds. The van der Waals surface area contributed by atoms with Crippen LogP contribution in [0.5, 0.6) is 0 Å². The lowest BCUT2D eigenvalue weighted by Crippen LogP contribution is -2.47. The van der Waals surface area contributed by atoms with Crippen LogP contribution in [0.3, 0.4) is 0 Å². The van der Waals surface area contributed by atoms with E-state index in [1.807, 2.05) is 0 Å². The Labute approximate surface area is 118 Å². The molecule has 8 heteroatoms. The van der Waals surface area contributed by atoms with Crippen molar-refractivity contribution in [2.75, 3.05) is 18.1 Å². The minimum Gasteiger partial charge on any atom is -0.363 e. The lowest BCUT2D eigenvalue weighted by molar-refractivity contribution is -0.384. The van der Waals surface area contributed by atoms with Gasteiger partial charge in [-0.25, -0.2) is 4.98 Å². The van der Waals surface area contributed by atoms with Crippen molar-refractivity contribution in [1.82, 2.24) is 4.98 Å². The average Bonchev–Trinajstić information content (AvgIpc) is 2.28. The SMILES string of the molecule is CS(=O)C1(CNc2ncc(Cl)cc2[N+](=O)[O-])CCC1. The van der Waals surface area contributed by atoms with Crippen LogP contribution in [0, 0.1) is 10.1 Å². The number of hydrogen-bond acceptors (Lipinski definition) is 5. The lowest BCUT2D eigenvalue weighted by atomic mass is 9.84. The molecular formula is C11H14ClN3O3S. The number of halogens is 1. The van der Waals surface area contributed by atoms with Crippen LogP contribution < -0.4 is 5.32 Å². The molecule has 1 fully saturated rings. The smallest absolute Gasteiger partial charge is 0.312 e. The largest absolute Gasteiger partial charge is 0.363 e. The normalized spacial score (nSPS) is 18.4. The van der Waals surface area contributed by atoms with E-state index < -0.39 is 15.7 Å². The summed E-state index contributed by atoms with van der Waals surface area (Å²) in [7, 11) is -0.964. The van der Waals surface area contributed by atoms with E-state index >= 15 is 0 Å². The third-order valence-corrected chi connectivity index (χ3v) is 5.46. The third kappa shape index (κ3) is 2.87. The van der Waals surface area contributed by atoms with Gasteiger partial charge in [0.25, 0.3) is 0 Å². The van der Waals surface area contributed by atoms with Crippen LogP contribution in [0.15, 0.2) is 12.3 Å². The molecule has 104 valence electrons. The summed E-state index contributed by atoms with van der Waals surface area (Å²) in [6, 6.07) is 1.26. The van der Waals surface area contributed by atoms with E-state index in [-0.39, 0.29) is 21.3 Å². The number of nitrogens with zero attached hydrogens (tertiary/aromatic N) is 2. The second-order valence-electron chi connectivity index (χ2n) is 4.62. The average molecular weight is 304 g/mol. The maximum atomic E-state index is 11.7. The van der Waals surface area contributed by atoms with Crippen molar-refractivity contribution in [3.05, 3.63) is 27.4 Å². The molecule has 6 nitrogen and oxygen atoms in total. The van der Waals surface area contributed by atoms with Crippen LogP contribution in [0.2, 0.25) is 5.02 Å². The molecule has 0 spiro atoms. The van der Waals surface area contributed by atoms with Crippen LogP contribution >= 0.6 is 11.6 Å². The molecule has 1 heterocycles. The van der Waals surface area contributed by atoms with Gasteiger partial charge in [0, 0.05) is 35.9 Å². The molecule has 1 aliphatic carbocycles. The summed E-state index contributed by atoms with van der Waals surface area (Å²) in [5, 5.41) is 14.1. The Morgan fingerprint density at radius 2 is 2.32 bits per heavy atom. The maximum absolute atomic E-state index is 11.7. The second kappa shape index (κ2) is 5.42. The van der Waals surface area contributed by atoms with Gasteiger partial charge in [-0.05, 0) is 12.8 Å². The minimum absolute atomic E-state index is 0.163. The fourth-order valence-electron chi connectivity index (χ4n) is 2.09. The van der Waals surface area contributed by atoms with Crippen molar-refractivity contribution >= 4 is 33.9 Å². The zero-order valence-electron chi connectivity index (χ0n) is 10.4. The van der Waals surface area contributed by atoms with E-state index in [1.165, 1.54) is 12.3 Å². The van der Waals surface area contributed by atoms with E-state index in [2.05, 4.69) is 10.3 Å². The zero-order chi connectivity index (χ0) is 14.0. The van der Waals surface area contributed by atoms with Gasteiger partial charge in [-0.2, -0.15) is 0 Å². The standard InChI is InChI=1S/C11H14ClN3O3S/c1-19(18)11(3-2-4-11)7-14-10-9(15(16)17)5-8(12)6-13-10/h5-6H,2-4,7H2,1H3,(H,13,14). The Bertz CT molecular complexity index is 534. The zero-order valence-corrected chi connectivity index (χ0v) is 12.0. The highest BCUT2D eigenvalue weighted by Gasteiger charge is 2.41. The lowest BCUT2D eigenvalue weighted by Gasteiger charge is -2.39. The maximum Gasteiger partial charge on any atom is 0.312 e. The molecule has 1 saturated carbocycles. The molecular weight excluding hydrogens is 290 g/mol. The van der Waals surface area contributed by atoms with Crippen molar-refractivity contribution in [3.8, 4) is 0 Å². The van der Waals surface area contributed by atoms with Crippen LogP contribution in [-0.4, -0.2) is 31.7 Å². The first-order valence-corrected chi connectivity index (χ1v) is 7.75. The monoisotopic (exact) mass is 303 g/mol. The van der Waals surface area contributed by atoms with Gasteiger partial charge >= 0.3 is 5.69 Å². The molecule has 1 unspecified atom stereocenters. The fraction of sp³-hybridized carbons (Fsp3) is 0.545. The number of anilines is 1. The van der Waals surface area contributed by atoms with Gasteiger partial charge in [0.15, 0.2) is 0 Å². The van der Waals surface area contributed by atoms with Gasteiger partial charge in [0.2, 0.25) is 5.82 Å². The number of aromatic nitrogens is 1. The molecule has 1 aliphatic rings. The summed E-state index contributed by atoms with van der Waals surface area (Å²) in [4.78, 5) is 14.3. The highest BCUT2D eigenvalue weighted by atomic mass is 35.5. The van der Waals surface area contributed by atoms with E-state index in [0.29, 0.717) is 6.54 Å². The number of pyridine rings is 1. The van der Waals surface area contributed by atoms with Crippen LogP contribution in [-0.2, 0) is 10.8 Å². The van der Waals surface area contributed by atoms with Gasteiger partial charge in [0.05, 0.1) is 14.7 Å². The van der Waals surface area contributed by atoms with Crippen LogP contribution in [0.1, 0.15) is 19.3 Å². The van der Waals surface area contributed by atoms with Crippen LogP contribution in [0.25, 0.3) is 0 Å². The molecule has 2 rings (SSSR count). The first-order valence-electron chi connectivity index (χ1n) is 5.82. The third-order valence-electron chi connectivity index (χ3n) is 3.48. The Morgan fingerprint density at radius 3 is 2.79 bits per heavy atom. The molecule has 1 atom stereocenters. The molecule has 0 bridgehead atoms. The molecule has 0 radical (unpaired) electrons. The van der Waals surface area contributed by atoms with E-state index in [1.54, 1.807) is 6.26 Å². The van der Waals surface area contributed by atoms with Crippen LogP contribution in [0.4, 0.5) is 11.5 Å². The highest BCUT2D eigenvalue weighted by Crippen LogP contribution is 2.37. The molecule has 1 aromatic heterocycles. The van der Waals surface area contributed by atoms with Gasteiger partial charge in [-0.3, -0.25) is 14.3 Å². The molecule has 0 aromatic carbocycles. The van der Waals surface area contributed by atoms with Crippen molar-refractivity contribution < 1.29 is 9.13 Å². The Morgan fingerprint density at radius 1 is 1.63 bits per heavy atom. The predicted molar refractivity (Wildman–Crippen MR) is 75.0 cm³/mol. The van der Waals surface area contributed by atoms with Gasteiger partial charge in [-0.15, -0.1) is 0 Å². The summed E-state index contributed by atoms with van der Waals surface area (Å²) in [6.45, 7) is 0.422. The Kier molecular flexibility index (Phi) is 4.05. The second-order valence-corrected chi connectivity index (χ2v) is 6.83. The Hall–Kier alpha value is -1.21. The first kappa shape index (κ1) is 14.2. The summed E-state index contributed by atoms with van der Waals surface area (Å²) < 4.78 is 11.5. The minimum atomic E-state index is -0.964. The van der Waals surface area contributed by atoms with Gasteiger partial charge in [-0.1, -0.05) is 18.0 Å². The van der Waals surface area contributed by atoms with Crippen molar-refractivity contribution in [2.45, 2.75) is 24.0 Å². The molecule has 0 saturated heterocycles. The Balaban J connectivity index is 2.15. The van der Waals surface area contributed by atoms with Crippen molar-refractivity contribution in [2.24, 2.45) is 0 Å². The summed E-state index contributed by atoms with van der Waals surface area (Å²) in [5.41, 5.74) is -0.163. The summed E-state index contributed by atoms with van der Waals surface area (Å²) >= 11 is 5.70. The molecule has 1 aromatic rings. The molecule has 0 aliphatic heterocycles. The van der Waals surface area contributed by atoms with Crippen molar-refractivity contribution in [1.29, 1.82) is 0 Å². The highest BCUT2D eigenvalue weighted by molar-refractivity contribution is 7.85. The molecule has 19 heavy (non-hydrogen) atoms. The van der Waals surface area contributed by atoms with Gasteiger partial charge in [0.1, 0.15) is 0 Å². The van der Waals surface area contributed by atoms with E-state index in [0.717, 1.165) is 19.3 Å². The summed E-state index contributed by atoms with van der Waals surface area (Å²) in [5.74, 6) is 0.172.